The molecule has 2 aromatic carbocycles. The van der Waals surface area contributed by atoms with Crippen LogP contribution in [0.15, 0.2) is 36.4 Å². The molecule has 0 spiro atoms. The fourth-order valence-corrected chi connectivity index (χ4v) is 2.29. The van der Waals surface area contributed by atoms with Gasteiger partial charge in [-0.3, -0.25) is 4.79 Å². The van der Waals surface area contributed by atoms with Crippen molar-refractivity contribution in [1.82, 2.24) is 5.06 Å². The average Bonchev–Trinajstić information content (AvgIpc) is 2.49. The first-order valence-electron chi connectivity index (χ1n) is 7.63. The van der Waals surface area contributed by atoms with E-state index in [4.69, 9.17) is 9.57 Å². The number of nitrogens with zero attached hydrogens (tertiary/aromatic N) is 1. The first kappa shape index (κ1) is 16.3. The molecule has 0 aliphatic rings. The topological polar surface area (TPSA) is 38.8 Å². The third-order valence-electron chi connectivity index (χ3n) is 3.35. The van der Waals surface area contributed by atoms with Gasteiger partial charge in [-0.1, -0.05) is 31.2 Å². The zero-order valence-electron chi connectivity index (χ0n) is 13.5. The molecule has 2 rings (SSSR count). The van der Waals surface area contributed by atoms with Crippen LogP contribution in [0, 0.1) is 0 Å². The van der Waals surface area contributed by atoms with Gasteiger partial charge in [0.15, 0.2) is 0 Å². The second-order valence-corrected chi connectivity index (χ2v) is 5.38. The minimum Gasteiger partial charge on any atom is -0.494 e. The van der Waals surface area contributed by atoms with Gasteiger partial charge in [0.25, 0.3) is 0 Å². The van der Waals surface area contributed by atoms with Crippen molar-refractivity contribution in [2.24, 2.45) is 0 Å². The highest BCUT2D eigenvalue weighted by atomic mass is 16.7. The number of benzene rings is 2. The molecule has 0 fully saturated rings. The average molecular weight is 301 g/mol. The Labute approximate surface area is 131 Å². The molecule has 0 aliphatic heterocycles. The number of likely N-dealkylation sites (N-methyl/N-ethyl adjacent to an activating group) is 1. The molecule has 0 bridgehead atoms. The van der Waals surface area contributed by atoms with Crippen LogP contribution in [0.2, 0.25) is 0 Å². The minimum absolute atomic E-state index is 0.293. The van der Waals surface area contributed by atoms with Crippen LogP contribution in [0.3, 0.4) is 0 Å². The molecule has 0 heterocycles. The van der Waals surface area contributed by atoms with Crippen molar-refractivity contribution in [2.45, 2.75) is 26.7 Å². The van der Waals surface area contributed by atoms with Crippen LogP contribution < -0.4 is 4.74 Å². The molecule has 0 N–H and O–H groups in total. The lowest BCUT2D eigenvalue weighted by atomic mass is 10.0. The monoisotopic (exact) mass is 301 g/mol. The summed E-state index contributed by atoms with van der Waals surface area (Å²) in [5, 5.41) is 3.93. The van der Waals surface area contributed by atoms with E-state index in [0.717, 1.165) is 25.2 Å². The number of ether oxygens (including phenoxy) is 1. The fraction of sp³-hybridized carbons (Fsp3) is 0.389. The van der Waals surface area contributed by atoms with Gasteiger partial charge >= 0.3 is 5.97 Å². The van der Waals surface area contributed by atoms with E-state index < -0.39 is 0 Å². The lowest BCUT2D eigenvalue weighted by Gasteiger charge is -2.15. The molecular formula is C18H23NO3. The SMILES string of the molecule is CCCOc1ccc2ccc(CCN(C)OC(C)=O)cc2c1. The van der Waals surface area contributed by atoms with E-state index in [9.17, 15) is 4.79 Å². The summed E-state index contributed by atoms with van der Waals surface area (Å²) < 4.78 is 5.68. The summed E-state index contributed by atoms with van der Waals surface area (Å²) in [6.45, 7) is 4.90. The number of fused-ring (bicyclic) bond motifs is 1. The molecule has 0 saturated carbocycles. The minimum atomic E-state index is -0.293. The molecule has 2 aromatic rings. The maximum Gasteiger partial charge on any atom is 0.322 e. The van der Waals surface area contributed by atoms with E-state index in [2.05, 4.69) is 37.3 Å². The van der Waals surface area contributed by atoms with Crippen molar-refractivity contribution in [3.05, 3.63) is 42.0 Å². The lowest BCUT2D eigenvalue weighted by Crippen LogP contribution is -2.24. The largest absolute Gasteiger partial charge is 0.494 e. The lowest BCUT2D eigenvalue weighted by molar-refractivity contribution is -0.180. The molecular weight excluding hydrogens is 278 g/mol. The van der Waals surface area contributed by atoms with Gasteiger partial charge in [-0.25, -0.2) is 0 Å². The van der Waals surface area contributed by atoms with E-state index >= 15 is 0 Å². The third-order valence-corrected chi connectivity index (χ3v) is 3.35. The molecule has 0 amide bonds. The van der Waals surface area contributed by atoms with E-state index in [1.165, 1.54) is 23.3 Å². The van der Waals surface area contributed by atoms with Crippen molar-refractivity contribution in [1.29, 1.82) is 0 Å². The maximum absolute atomic E-state index is 10.9. The quantitative estimate of drug-likeness (QED) is 0.733. The van der Waals surface area contributed by atoms with Crippen molar-refractivity contribution >= 4 is 16.7 Å². The zero-order chi connectivity index (χ0) is 15.9. The van der Waals surface area contributed by atoms with E-state index in [1.54, 1.807) is 12.1 Å². The zero-order valence-corrected chi connectivity index (χ0v) is 13.5. The van der Waals surface area contributed by atoms with Gasteiger partial charge in [0, 0.05) is 20.5 Å². The Morgan fingerprint density at radius 1 is 1.14 bits per heavy atom. The Hall–Kier alpha value is -2.07. The predicted molar refractivity (Wildman–Crippen MR) is 87.8 cm³/mol. The predicted octanol–water partition coefficient (Wildman–Crippen LogP) is 3.58. The Bertz CT molecular complexity index is 639. The summed E-state index contributed by atoms with van der Waals surface area (Å²) in [4.78, 5) is 15.9. The number of rotatable bonds is 7. The molecule has 4 heteroatoms. The van der Waals surface area contributed by atoms with Crippen LogP contribution in [0.1, 0.15) is 25.8 Å². The molecule has 0 saturated heterocycles. The van der Waals surface area contributed by atoms with Crippen LogP contribution in [0.25, 0.3) is 10.8 Å². The molecule has 22 heavy (non-hydrogen) atoms. The van der Waals surface area contributed by atoms with Crippen LogP contribution >= 0.6 is 0 Å². The van der Waals surface area contributed by atoms with Gasteiger partial charge in [-0.2, -0.15) is 0 Å². The van der Waals surface area contributed by atoms with Gasteiger partial charge in [0.05, 0.1) is 6.61 Å². The van der Waals surface area contributed by atoms with Crippen LogP contribution in [-0.2, 0) is 16.1 Å². The van der Waals surface area contributed by atoms with E-state index in [1.807, 2.05) is 6.07 Å². The molecule has 0 atom stereocenters. The second-order valence-electron chi connectivity index (χ2n) is 5.38. The first-order valence-corrected chi connectivity index (χ1v) is 7.63. The highest BCUT2D eigenvalue weighted by Gasteiger charge is 2.04. The third kappa shape index (κ3) is 4.74. The molecule has 4 nitrogen and oxygen atoms in total. The first-order chi connectivity index (χ1) is 10.6. The number of hydrogen-bond donors (Lipinski definition) is 0. The highest BCUT2D eigenvalue weighted by Crippen LogP contribution is 2.22. The molecule has 0 unspecified atom stereocenters. The Balaban J connectivity index is 2.06. The van der Waals surface area contributed by atoms with E-state index in [-0.39, 0.29) is 5.97 Å². The van der Waals surface area contributed by atoms with Gasteiger partial charge in [0.2, 0.25) is 0 Å². The smallest absolute Gasteiger partial charge is 0.322 e. The van der Waals surface area contributed by atoms with Gasteiger partial charge in [-0.05, 0) is 41.3 Å². The summed E-state index contributed by atoms with van der Waals surface area (Å²) in [7, 11) is 1.76. The van der Waals surface area contributed by atoms with Crippen molar-refractivity contribution in [3.63, 3.8) is 0 Å². The normalized spacial score (nSPS) is 10.9. The van der Waals surface area contributed by atoms with Crippen molar-refractivity contribution in [3.8, 4) is 5.75 Å². The van der Waals surface area contributed by atoms with Crippen LogP contribution in [0.4, 0.5) is 0 Å². The number of carbonyl (C=O) groups excluding carboxylic acids is 1. The van der Waals surface area contributed by atoms with Crippen LogP contribution in [0.5, 0.6) is 5.75 Å². The van der Waals surface area contributed by atoms with Crippen LogP contribution in [-0.4, -0.2) is 31.2 Å². The van der Waals surface area contributed by atoms with E-state index in [0.29, 0.717) is 6.54 Å². The van der Waals surface area contributed by atoms with Crippen molar-refractivity contribution in [2.75, 3.05) is 20.2 Å². The molecule has 0 aromatic heterocycles. The summed E-state index contributed by atoms with van der Waals surface area (Å²) >= 11 is 0. The summed E-state index contributed by atoms with van der Waals surface area (Å²) in [6.07, 6.45) is 1.82. The van der Waals surface area contributed by atoms with Gasteiger partial charge in [0.1, 0.15) is 5.75 Å². The Morgan fingerprint density at radius 2 is 1.91 bits per heavy atom. The molecule has 0 aliphatic carbocycles. The summed E-state index contributed by atoms with van der Waals surface area (Å²) in [5.41, 5.74) is 1.21. The standard InChI is InChI=1S/C18H23NO3/c1-4-11-21-18-8-7-16-6-5-15(12-17(16)13-18)9-10-19(3)22-14(2)20/h5-8,12-13H,4,9-11H2,1-3H3. The number of carbonyl (C=O) groups is 1. The van der Waals surface area contributed by atoms with Crippen molar-refractivity contribution < 1.29 is 14.4 Å². The molecule has 118 valence electrons. The Morgan fingerprint density at radius 3 is 2.64 bits per heavy atom. The Kier molecular flexibility index (Phi) is 5.78. The maximum atomic E-state index is 10.9. The fourth-order valence-electron chi connectivity index (χ4n) is 2.29. The highest BCUT2D eigenvalue weighted by molar-refractivity contribution is 5.84. The van der Waals surface area contributed by atoms with Gasteiger partial charge < -0.3 is 9.57 Å². The van der Waals surface area contributed by atoms with Gasteiger partial charge in [-0.15, -0.1) is 5.06 Å². The number of hydrogen-bond acceptors (Lipinski definition) is 4. The molecule has 0 radical (unpaired) electrons. The summed E-state index contributed by atoms with van der Waals surface area (Å²) in [6, 6.07) is 12.5. The number of hydroxylamine groups is 2. The summed E-state index contributed by atoms with van der Waals surface area (Å²) in [5.74, 6) is 0.613. The second kappa shape index (κ2) is 7.80.